The Morgan fingerprint density at radius 2 is 1.37 bits per heavy atom. The second-order valence-electron chi connectivity index (χ2n) is 5.81. The van der Waals surface area contributed by atoms with Gasteiger partial charge in [-0.1, -0.05) is 12.1 Å². The van der Waals surface area contributed by atoms with Crippen molar-refractivity contribution in [2.45, 2.75) is 18.3 Å². The third-order valence-corrected chi connectivity index (χ3v) is 3.80. The first kappa shape index (κ1) is 22.7. The molecule has 30 heavy (non-hydrogen) atoms. The summed E-state index contributed by atoms with van der Waals surface area (Å²) in [6, 6.07) is 5.16. The molecular formula is C18H10F6O6. The van der Waals surface area contributed by atoms with Gasteiger partial charge in [-0.15, -0.1) is 0 Å². The predicted octanol–water partition coefficient (Wildman–Crippen LogP) is 4.51. The van der Waals surface area contributed by atoms with Crippen LogP contribution in [0.15, 0.2) is 42.5 Å². The molecule has 2 N–H and O–H groups in total. The van der Waals surface area contributed by atoms with Gasteiger partial charge in [-0.3, -0.25) is 0 Å². The first-order valence-corrected chi connectivity index (χ1v) is 7.77. The third kappa shape index (κ3) is 4.53. The molecule has 1 atom stereocenters. The number of aromatic carboxylic acids is 2. The Morgan fingerprint density at radius 1 is 0.833 bits per heavy atom. The average molecular weight is 436 g/mol. The first-order chi connectivity index (χ1) is 13.8. The zero-order valence-electron chi connectivity index (χ0n) is 14.4. The van der Waals surface area contributed by atoms with Crippen LogP contribution in [0.5, 0.6) is 5.75 Å². The molecule has 12 heteroatoms. The van der Waals surface area contributed by atoms with E-state index in [0.29, 0.717) is 12.1 Å². The van der Waals surface area contributed by atoms with Gasteiger partial charge in [-0.2, -0.15) is 22.0 Å². The number of benzene rings is 2. The molecule has 0 aliphatic rings. The molecule has 0 saturated carbocycles. The number of rotatable bonds is 6. The second-order valence-corrected chi connectivity index (χ2v) is 5.81. The van der Waals surface area contributed by atoms with Gasteiger partial charge in [-0.25, -0.2) is 18.8 Å². The maximum absolute atomic E-state index is 13.6. The molecule has 0 aromatic heterocycles. The quantitative estimate of drug-likeness (QED) is 0.393. The fourth-order valence-electron chi connectivity index (χ4n) is 2.26. The van der Waals surface area contributed by atoms with Gasteiger partial charge in [-0.05, 0) is 35.9 Å². The number of hydrogen-bond donors (Lipinski definition) is 2. The number of esters is 1. The fraction of sp³-hybridized carbons (Fsp3) is 0.167. The molecule has 2 aromatic rings. The van der Waals surface area contributed by atoms with Crippen molar-refractivity contribution in [2.24, 2.45) is 0 Å². The number of carboxylic acids is 2. The zero-order chi connectivity index (χ0) is 22.9. The van der Waals surface area contributed by atoms with Crippen molar-refractivity contribution >= 4 is 17.9 Å². The van der Waals surface area contributed by atoms with Crippen molar-refractivity contribution in [1.29, 1.82) is 0 Å². The van der Waals surface area contributed by atoms with E-state index < -0.39 is 52.9 Å². The van der Waals surface area contributed by atoms with E-state index in [0.717, 1.165) is 30.3 Å². The highest BCUT2D eigenvalue weighted by Gasteiger charge is 2.63. The maximum Gasteiger partial charge on any atom is 0.456 e. The number of ether oxygens (including phenoxy) is 1. The van der Waals surface area contributed by atoms with Gasteiger partial charge < -0.3 is 14.9 Å². The Hall–Kier alpha value is -3.57. The Balaban J connectivity index is 2.22. The van der Waals surface area contributed by atoms with E-state index in [2.05, 4.69) is 0 Å². The summed E-state index contributed by atoms with van der Waals surface area (Å²) in [5.74, 6) is -10.4. The summed E-state index contributed by atoms with van der Waals surface area (Å²) in [5.41, 5.74) is -2.70. The van der Waals surface area contributed by atoms with Crippen molar-refractivity contribution in [2.75, 3.05) is 0 Å². The predicted molar refractivity (Wildman–Crippen MR) is 86.6 cm³/mol. The molecule has 0 saturated heterocycles. The SMILES string of the molecule is O=C(Oc1ccc(C(F)C(F)(F)C(F)(F)F)cc1)c1ccc(C(=O)O)c(C(=O)O)c1. The number of carboxylic acid groups (broad SMARTS) is 2. The van der Waals surface area contributed by atoms with Gasteiger partial charge >= 0.3 is 30.0 Å². The van der Waals surface area contributed by atoms with Crippen molar-refractivity contribution < 1.29 is 55.7 Å². The number of hydrogen-bond acceptors (Lipinski definition) is 4. The van der Waals surface area contributed by atoms with E-state index in [1.807, 2.05) is 0 Å². The highest BCUT2D eigenvalue weighted by atomic mass is 19.4. The summed E-state index contributed by atoms with van der Waals surface area (Å²) in [4.78, 5) is 34.2. The molecule has 2 aromatic carbocycles. The zero-order valence-corrected chi connectivity index (χ0v) is 14.4. The minimum Gasteiger partial charge on any atom is -0.478 e. The van der Waals surface area contributed by atoms with Gasteiger partial charge in [0.25, 0.3) is 0 Å². The smallest absolute Gasteiger partial charge is 0.456 e. The average Bonchev–Trinajstić information content (AvgIpc) is 2.66. The van der Waals surface area contributed by atoms with Gasteiger partial charge in [0.15, 0.2) is 6.17 Å². The molecule has 1 unspecified atom stereocenters. The monoisotopic (exact) mass is 436 g/mol. The Kier molecular flexibility index (Phi) is 6.09. The minimum atomic E-state index is -6.11. The largest absolute Gasteiger partial charge is 0.478 e. The molecule has 0 bridgehead atoms. The van der Waals surface area contributed by atoms with Crippen LogP contribution in [0.1, 0.15) is 42.8 Å². The van der Waals surface area contributed by atoms with Crippen LogP contribution in [0.25, 0.3) is 0 Å². The van der Waals surface area contributed by atoms with Gasteiger partial charge in [0, 0.05) is 0 Å². The lowest BCUT2D eigenvalue weighted by atomic mass is 10.0. The lowest BCUT2D eigenvalue weighted by Gasteiger charge is -2.23. The van der Waals surface area contributed by atoms with Crippen LogP contribution < -0.4 is 4.74 Å². The van der Waals surface area contributed by atoms with Crippen molar-refractivity contribution in [3.8, 4) is 5.75 Å². The van der Waals surface area contributed by atoms with E-state index in [-0.39, 0.29) is 11.3 Å². The van der Waals surface area contributed by atoms with E-state index >= 15 is 0 Å². The second kappa shape index (κ2) is 8.05. The van der Waals surface area contributed by atoms with Crippen LogP contribution >= 0.6 is 0 Å². The lowest BCUT2D eigenvalue weighted by Crippen LogP contribution is -2.40. The Labute approximate surface area is 163 Å². The minimum absolute atomic E-state index is 0.370. The topological polar surface area (TPSA) is 101 Å². The van der Waals surface area contributed by atoms with Crippen molar-refractivity contribution in [3.05, 3.63) is 64.7 Å². The molecule has 0 heterocycles. The van der Waals surface area contributed by atoms with E-state index in [1.54, 1.807) is 0 Å². The van der Waals surface area contributed by atoms with Crippen molar-refractivity contribution in [3.63, 3.8) is 0 Å². The molecule has 0 spiro atoms. The van der Waals surface area contributed by atoms with Crippen LogP contribution in [0.2, 0.25) is 0 Å². The molecule has 0 amide bonds. The first-order valence-electron chi connectivity index (χ1n) is 7.77. The van der Waals surface area contributed by atoms with E-state index in [9.17, 15) is 40.7 Å². The number of halogens is 6. The molecule has 0 fully saturated rings. The van der Waals surface area contributed by atoms with Crippen LogP contribution in [-0.4, -0.2) is 40.2 Å². The summed E-state index contributed by atoms with van der Waals surface area (Å²) in [6.07, 6.45) is -9.80. The molecule has 0 aliphatic carbocycles. The summed E-state index contributed by atoms with van der Waals surface area (Å²) >= 11 is 0. The highest BCUT2D eigenvalue weighted by molar-refractivity contribution is 6.04. The molecular weight excluding hydrogens is 426 g/mol. The van der Waals surface area contributed by atoms with E-state index in [1.165, 1.54) is 0 Å². The van der Waals surface area contributed by atoms with Crippen LogP contribution in [0.3, 0.4) is 0 Å². The van der Waals surface area contributed by atoms with Gasteiger partial charge in [0.2, 0.25) is 0 Å². The summed E-state index contributed by atoms with van der Waals surface area (Å²) < 4.78 is 81.3. The summed E-state index contributed by atoms with van der Waals surface area (Å²) in [5, 5.41) is 17.9. The van der Waals surface area contributed by atoms with Crippen LogP contribution in [0.4, 0.5) is 26.3 Å². The number of alkyl halides is 6. The number of carbonyl (C=O) groups excluding carboxylic acids is 1. The molecule has 160 valence electrons. The Bertz CT molecular complexity index is 984. The van der Waals surface area contributed by atoms with Crippen LogP contribution in [-0.2, 0) is 0 Å². The maximum atomic E-state index is 13.6. The third-order valence-electron chi connectivity index (χ3n) is 3.80. The lowest BCUT2D eigenvalue weighted by molar-refractivity contribution is -0.305. The molecule has 2 rings (SSSR count). The fourth-order valence-corrected chi connectivity index (χ4v) is 2.26. The molecule has 6 nitrogen and oxygen atoms in total. The van der Waals surface area contributed by atoms with E-state index in [4.69, 9.17) is 14.9 Å². The number of carbonyl (C=O) groups is 3. The van der Waals surface area contributed by atoms with Crippen molar-refractivity contribution in [1.82, 2.24) is 0 Å². The molecule has 0 radical (unpaired) electrons. The summed E-state index contributed by atoms with van der Waals surface area (Å²) in [7, 11) is 0. The molecule has 0 aliphatic heterocycles. The standard InChI is InChI=1S/C18H10F6O6/c19-13(17(20,21)18(22,23)24)8-1-4-10(5-2-8)30-16(29)9-3-6-11(14(25)26)12(7-9)15(27)28/h1-7,13H,(H,25,26)(H,27,28). The normalized spacial score (nSPS) is 12.9. The Morgan fingerprint density at radius 3 is 1.83 bits per heavy atom. The van der Waals surface area contributed by atoms with Crippen LogP contribution in [0, 0.1) is 0 Å². The van der Waals surface area contributed by atoms with Gasteiger partial charge in [0.05, 0.1) is 16.7 Å². The summed E-state index contributed by atoms with van der Waals surface area (Å²) in [6.45, 7) is 0. The highest BCUT2D eigenvalue weighted by Crippen LogP contribution is 2.46. The van der Waals surface area contributed by atoms with Gasteiger partial charge in [0.1, 0.15) is 5.75 Å².